The molecule has 6 heteroatoms. The maximum absolute atomic E-state index is 11.3. The Balaban J connectivity index is 2.40. The number of hydrogen-bond acceptors (Lipinski definition) is 5. The van der Waals surface area contributed by atoms with Crippen molar-refractivity contribution in [2.24, 2.45) is 5.41 Å². The molecule has 72 valence electrons. The molecule has 0 atom stereocenters. The number of rotatable bonds is 2. The highest BCUT2D eigenvalue weighted by atomic mass is 16.5. The Morgan fingerprint density at radius 3 is 2.69 bits per heavy atom. The van der Waals surface area contributed by atoms with Gasteiger partial charge in [0, 0.05) is 0 Å². The van der Waals surface area contributed by atoms with Gasteiger partial charge in [-0.3, -0.25) is 4.79 Å². The number of carbonyl (C=O) groups excluding carboxylic acids is 1. The van der Waals surface area contributed by atoms with Crippen molar-refractivity contribution in [2.75, 3.05) is 0 Å². The summed E-state index contributed by atoms with van der Waals surface area (Å²) in [6.45, 7) is 5.42. The van der Waals surface area contributed by atoms with Crippen LogP contribution in [-0.2, 0) is 16.3 Å². The summed E-state index contributed by atoms with van der Waals surface area (Å²) in [5.41, 5.74) is -0.492. The van der Waals surface area contributed by atoms with Gasteiger partial charge in [-0.2, -0.15) is 4.68 Å². The summed E-state index contributed by atoms with van der Waals surface area (Å²) in [7, 11) is 0. The summed E-state index contributed by atoms with van der Waals surface area (Å²) in [6, 6.07) is 0. The average Bonchev–Trinajstić information content (AvgIpc) is 2.50. The molecule has 0 radical (unpaired) electrons. The van der Waals surface area contributed by atoms with E-state index in [-0.39, 0.29) is 12.7 Å². The molecule has 1 aromatic heterocycles. The lowest BCUT2D eigenvalue weighted by Crippen LogP contribution is -2.24. The molecule has 0 unspecified atom stereocenters. The van der Waals surface area contributed by atoms with Gasteiger partial charge in [-0.1, -0.05) is 0 Å². The van der Waals surface area contributed by atoms with Crippen LogP contribution in [-0.4, -0.2) is 26.2 Å². The molecule has 0 N–H and O–H groups in total. The van der Waals surface area contributed by atoms with Crippen LogP contribution in [0.4, 0.5) is 0 Å². The topological polar surface area (TPSA) is 69.9 Å². The van der Waals surface area contributed by atoms with E-state index in [1.807, 2.05) is 0 Å². The van der Waals surface area contributed by atoms with Gasteiger partial charge in [0.2, 0.25) is 0 Å². The molecule has 1 aromatic rings. The maximum atomic E-state index is 11.3. The molecule has 0 saturated carbocycles. The molecular weight excluding hydrogens is 172 g/mol. The molecule has 0 fully saturated rings. The molecule has 1 heterocycles. The molecule has 0 aromatic carbocycles. The van der Waals surface area contributed by atoms with Crippen LogP contribution in [0.1, 0.15) is 20.8 Å². The third-order valence-electron chi connectivity index (χ3n) is 1.33. The molecule has 0 saturated heterocycles. The van der Waals surface area contributed by atoms with E-state index in [0.29, 0.717) is 0 Å². The zero-order valence-electron chi connectivity index (χ0n) is 7.89. The third-order valence-corrected chi connectivity index (χ3v) is 1.33. The van der Waals surface area contributed by atoms with Gasteiger partial charge in [0.1, 0.15) is 6.33 Å². The SMILES string of the molecule is CC(C)(C)C(=O)OCn1cnnn1. The maximum Gasteiger partial charge on any atom is 0.313 e. The number of nitrogens with zero attached hydrogens (tertiary/aromatic N) is 4. The molecular formula is C7H12N4O2. The van der Waals surface area contributed by atoms with Gasteiger partial charge in [0.25, 0.3) is 0 Å². The summed E-state index contributed by atoms with van der Waals surface area (Å²) in [6.07, 6.45) is 1.38. The molecule has 0 aliphatic rings. The first kappa shape index (κ1) is 9.63. The van der Waals surface area contributed by atoms with E-state index in [2.05, 4.69) is 15.5 Å². The van der Waals surface area contributed by atoms with E-state index in [1.54, 1.807) is 20.8 Å². The molecule has 0 aliphatic carbocycles. The first-order chi connectivity index (χ1) is 6.00. The Hall–Kier alpha value is -1.46. The minimum Gasteiger partial charge on any atom is -0.442 e. The number of tetrazole rings is 1. The van der Waals surface area contributed by atoms with Gasteiger partial charge in [-0.25, -0.2) is 0 Å². The van der Waals surface area contributed by atoms with E-state index in [4.69, 9.17) is 4.74 Å². The largest absolute Gasteiger partial charge is 0.442 e. The van der Waals surface area contributed by atoms with Crippen LogP contribution in [0.3, 0.4) is 0 Å². The number of esters is 1. The van der Waals surface area contributed by atoms with Crippen LogP contribution in [0.25, 0.3) is 0 Å². The summed E-state index contributed by atoms with van der Waals surface area (Å²) >= 11 is 0. The van der Waals surface area contributed by atoms with Crippen molar-refractivity contribution in [2.45, 2.75) is 27.5 Å². The Morgan fingerprint density at radius 2 is 2.23 bits per heavy atom. The van der Waals surface area contributed by atoms with E-state index in [9.17, 15) is 4.79 Å². The normalized spacial score (nSPS) is 11.3. The third kappa shape index (κ3) is 2.81. The van der Waals surface area contributed by atoms with Crippen molar-refractivity contribution in [3.63, 3.8) is 0 Å². The Kier molecular flexibility index (Phi) is 2.60. The highest BCUT2D eigenvalue weighted by Crippen LogP contribution is 2.14. The lowest BCUT2D eigenvalue weighted by Gasteiger charge is -2.15. The van der Waals surface area contributed by atoms with Crippen LogP contribution < -0.4 is 0 Å². The van der Waals surface area contributed by atoms with E-state index in [1.165, 1.54) is 11.0 Å². The first-order valence-corrected chi connectivity index (χ1v) is 3.88. The lowest BCUT2D eigenvalue weighted by molar-refractivity contribution is -0.157. The standard InChI is InChI=1S/C7H12N4O2/c1-7(2,3)6(12)13-5-11-4-8-9-10-11/h4H,5H2,1-3H3. The van der Waals surface area contributed by atoms with E-state index in [0.717, 1.165) is 0 Å². The second kappa shape index (κ2) is 3.51. The summed E-state index contributed by atoms with van der Waals surface area (Å²) in [5.74, 6) is -0.275. The highest BCUT2D eigenvalue weighted by molar-refractivity contribution is 5.75. The van der Waals surface area contributed by atoms with Crippen molar-refractivity contribution in [1.82, 2.24) is 20.2 Å². The molecule has 6 nitrogen and oxygen atoms in total. The second-order valence-corrected chi connectivity index (χ2v) is 3.66. The number of carbonyl (C=O) groups is 1. The molecule has 13 heavy (non-hydrogen) atoms. The zero-order chi connectivity index (χ0) is 9.90. The van der Waals surface area contributed by atoms with Gasteiger partial charge >= 0.3 is 5.97 Å². The number of aromatic nitrogens is 4. The van der Waals surface area contributed by atoms with Gasteiger partial charge in [-0.05, 0) is 31.2 Å². The van der Waals surface area contributed by atoms with Crippen LogP contribution in [0.15, 0.2) is 6.33 Å². The smallest absolute Gasteiger partial charge is 0.313 e. The zero-order valence-corrected chi connectivity index (χ0v) is 7.89. The van der Waals surface area contributed by atoms with Gasteiger partial charge in [0.15, 0.2) is 6.73 Å². The fourth-order valence-electron chi connectivity index (χ4n) is 0.581. The average molecular weight is 184 g/mol. The van der Waals surface area contributed by atoms with E-state index >= 15 is 0 Å². The van der Waals surface area contributed by atoms with Crippen LogP contribution in [0, 0.1) is 5.41 Å². The fraction of sp³-hybridized carbons (Fsp3) is 0.714. The lowest BCUT2D eigenvalue weighted by atomic mass is 9.98. The Morgan fingerprint density at radius 1 is 1.54 bits per heavy atom. The Labute approximate surface area is 75.9 Å². The van der Waals surface area contributed by atoms with Crippen molar-refractivity contribution in [1.29, 1.82) is 0 Å². The van der Waals surface area contributed by atoms with Crippen molar-refractivity contribution >= 4 is 5.97 Å². The number of hydrogen-bond donors (Lipinski definition) is 0. The van der Waals surface area contributed by atoms with Crippen LogP contribution >= 0.6 is 0 Å². The van der Waals surface area contributed by atoms with Crippen molar-refractivity contribution < 1.29 is 9.53 Å². The predicted molar refractivity (Wildman–Crippen MR) is 43.4 cm³/mol. The molecule has 0 bridgehead atoms. The summed E-state index contributed by atoms with van der Waals surface area (Å²) < 4.78 is 6.27. The fourth-order valence-corrected chi connectivity index (χ4v) is 0.581. The summed E-state index contributed by atoms with van der Waals surface area (Å²) in [4.78, 5) is 11.3. The van der Waals surface area contributed by atoms with Crippen molar-refractivity contribution in [3.05, 3.63) is 6.33 Å². The van der Waals surface area contributed by atoms with Gasteiger partial charge < -0.3 is 4.74 Å². The van der Waals surface area contributed by atoms with Crippen LogP contribution in [0.5, 0.6) is 0 Å². The van der Waals surface area contributed by atoms with Crippen molar-refractivity contribution in [3.8, 4) is 0 Å². The highest BCUT2D eigenvalue weighted by Gasteiger charge is 2.22. The van der Waals surface area contributed by atoms with E-state index < -0.39 is 5.41 Å². The van der Waals surface area contributed by atoms with Gasteiger partial charge in [0.05, 0.1) is 5.41 Å². The molecule has 1 rings (SSSR count). The second-order valence-electron chi connectivity index (χ2n) is 3.66. The number of ether oxygens (including phenoxy) is 1. The monoisotopic (exact) mass is 184 g/mol. The molecule has 0 aliphatic heterocycles. The molecule has 0 spiro atoms. The minimum absolute atomic E-state index is 0.0586. The van der Waals surface area contributed by atoms with Gasteiger partial charge in [-0.15, -0.1) is 5.10 Å². The molecule has 0 amide bonds. The minimum atomic E-state index is -0.492. The predicted octanol–water partition coefficient (Wildman–Crippen LogP) is 0.220. The van der Waals surface area contributed by atoms with Crippen LogP contribution in [0.2, 0.25) is 0 Å². The first-order valence-electron chi connectivity index (χ1n) is 3.88. The summed E-state index contributed by atoms with van der Waals surface area (Å²) in [5, 5.41) is 10.4. The Bertz CT molecular complexity index is 275. The quantitative estimate of drug-likeness (QED) is 0.615.